The molecule has 0 fully saturated rings. The predicted molar refractivity (Wildman–Crippen MR) is 91.3 cm³/mol. The number of hydrogen-bond donors (Lipinski definition) is 1. The number of rotatable bonds is 9. The predicted octanol–water partition coefficient (Wildman–Crippen LogP) is 2.78. The van der Waals surface area contributed by atoms with E-state index in [1.807, 2.05) is 19.1 Å². The van der Waals surface area contributed by atoms with Gasteiger partial charge < -0.3 is 19.5 Å². The quantitative estimate of drug-likeness (QED) is 0.710. The smallest absolute Gasteiger partial charge is 0.251 e. The van der Waals surface area contributed by atoms with E-state index in [9.17, 15) is 4.79 Å². The Bertz CT molecular complexity index is 494. The van der Waals surface area contributed by atoms with Crippen molar-refractivity contribution in [1.29, 1.82) is 0 Å². The Morgan fingerprint density at radius 2 is 1.83 bits per heavy atom. The highest BCUT2D eigenvalue weighted by atomic mass is 16.5. The van der Waals surface area contributed by atoms with E-state index < -0.39 is 0 Å². The van der Waals surface area contributed by atoms with Gasteiger partial charge in [0.15, 0.2) is 0 Å². The standard InChI is InChI=1S/C18H29NO4/c1-6-22-11-12-23-10-9-19-17(20)14-7-8-15(18(2,3)4)16(13-14)21-5/h7-8,13H,6,9-12H2,1-5H3,(H,19,20). The molecular formula is C18H29NO4. The van der Waals surface area contributed by atoms with Crippen LogP contribution in [0.3, 0.4) is 0 Å². The molecule has 0 spiro atoms. The molecule has 5 heteroatoms. The van der Waals surface area contributed by atoms with E-state index in [-0.39, 0.29) is 11.3 Å². The number of carbonyl (C=O) groups excluding carboxylic acids is 1. The van der Waals surface area contributed by atoms with Crippen LogP contribution in [0.1, 0.15) is 43.6 Å². The van der Waals surface area contributed by atoms with Crippen LogP contribution in [0.2, 0.25) is 0 Å². The molecule has 0 aromatic heterocycles. The summed E-state index contributed by atoms with van der Waals surface area (Å²) >= 11 is 0. The number of carbonyl (C=O) groups is 1. The fourth-order valence-electron chi connectivity index (χ4n) is 2.16. The van der Waals surface area contributed by atoms with E-state index in [2.05, 4.69) is 26.1 Å². The Morgan fingerprint density at radius 3 is 2.43 bits per heavy atom. The molecule has 0 bridgehead atoms. The van der Waals surface area contributed by atoms with Crippen molar-refractivity contribution in [3.05, 3.63) is 29.3 Å². The average molecular weight is 323 g/mol. The second-order valence-electron chi connectivity index (χ2n) is 6.23. The Hall–Kier alpha value is -1.59. The molecule has 0 heterocycles. The van der Waals surface area contributed by atoms with E-state index in [0.29, 0.717) is 38.5 Å². The van der Waals surface area contributed by atoms with E-state index in [1.165, 1.54) is 0 Å². The molecule has 1 aromatic carbocycles. The normalized spacial score (nSPS) is 11.3. The van der Waals surface area contributed by atoms with Gasteiger partial charge in [-0.2, -0.15) is 0 Å². The van der Waals surface area contributed by atoms with E-state index in [1.54, 1.807) is 13.2 Å². The van der Waals surface area contributed by atoms with Crippen molar-refractivity contribution < 1.29 is 19.0 Å². The summed E-state index contributed by atoms with van der Waals surface area (Å²) in [5, 5.41) is 2.84. The molecule has 1 aromatic rings. The zero-order valence-corrected chi connectivity index (χ0v) is 14.9. The minimum absolute atomic E-state index is 0.0330. The van der Waals surface area contributed by atoms with Crippen molar-refractivity contribution in [2.24, 2.45) is 0 Å². The van der Waals surface area contributed by atoms with Crippen LogP contribution in [0.25, 0.3) is 0 Å². The summed E-state index contributed by atoms with van der Waals surface area (Å²) in [5.41, 5.74) is 1.63. The van der Waals surface area contributed by atoms with Gasteiger partial charge in [0.1, 0.15) is 5.75 Å². The molecule has 0 radical (unpaired) electrons. The van der Waals surface area contributed by atoms with Gasteiger partial charge in [-0.15, -0.1) is 0 Å². The lowest BCUT2D eigenvalue weighted by atomic mass is 9.85. The van der Waals surface area contributed by atoms with Crippen LogP contribution >= 0.6 is 0 Å². The van der Waals surface area contributed by atoms with Gasteiger partial charge in [0.05, 0.1) is 26.9 Å². The fourth-order valence-corrected chi connectivity index (χ4v) is 2.16. The first-order valence-corrected chi connectivity index (χ1v) is 8.02. The van der Waals surface area contributed by atoms with E-state index in [0.717, 1.165) is 11.3 Å². The maximum Gasteiger partial charge on any atom is 0.251 e. The lowest BCUT2D eigenvalue weighted by Crippen LogP contribution is -2.28. The zero-order valence-electron chi connectivity index (χ0n) is 14.9. The highest BCUT2D eigenvalue weighted by molar-refractivity contribution is 5.94. The fraction of sp³-hybridized carbons (Fsp3) is 0.611. The Morgan fingerprint density at radius 1 is 1.13 bits per heavy atom. The van der Waals surface area contributed by atoms with Crippen LogP contribution in [-0.2, 0) is 14.9 Å². The highest BCUT2D eigenvalue weighted by Crippen LogP contribution is 2.31. The van der Waals surface area contributed by atoms with Crippen LogP contribution < -0.4 is 10.1 Å². The molecule has 1 rings (SSSR count). The molecule has 1 amide bonds. The van der Waals surface area contributed by atoms with Crippen molar-refractivity contribution >= 4 is 5.91 Å². The number of hydrogen-bond acceptors (Lipinski definition) is 4. The van der Waals surface area contributed by atoms with Crippen molar-refractivity contribution in [1.82, 2.24) is 5.32 Å². The van der Waals surface area contributed by atoms with Crippen molar-refractivity contribution in [3.8, 4) is 5.75 Å². The summed E-state index contributed by atoms with van der Waals surface area (Å²) in [6.45, 7) is 11.0. The molecule has 1 N–H and O–H groups in total. The first kappa shape index (κ1) is 19.5. The maximum absolute atomic E-state index is 12.2. The van der Waals surface area contributed by atoms with E-state index in [4.69, 9.17) is 14.2 Å². The number of benzene rings is 1. The summed E-state index contributed by atoms with van der Waals surface area (Å²) in [5.74, 6) is 0.607. The third-order valence-electron chi connectivity index (χ3n) is 3.38. The van der Waals surface area contributed by atoms with Gasteiger partial charge in [-0.3, -0.25) is 4.79 Å². The Balaban J connectivity index is 2.51. The lowest BCUT2D eigenvalue weighted by Gasteiger charge is -2.22. The largest absolute Gasteiger partial charge is 0.496 e. The highest BCUT2D eigenvalue weighted by Gasteiger charge is 2.20. The topological polar surface area (TPSA) is 56.8 Å². The zero-order chi connectivity index (χ0) is 17.3. The monoisotopic (exact) mass is 323 g/mol. The molecule has 0 saturated carbocycles. The minimum Gasteiger partial charge on any atom is -0.496 e. The molecule has 5 nitrogen and oxygen atoms in total. The summed E-state index contributed by atoms with van der Waals surface area (Å²) in [6.07, 6.45) is 0. The van der Waals surface area contributed by atoms with E-state index >= 15 is 0 Å². The SMILES string of the molecule is CCOCCOCCNC(=O)c1ccc(C(C)(C)C)c(OC)c1. The first-order valence-electron chi connectivity index (χ1n) is 8.02. The summed E-state index contributed by atoms with van der Waals surface area (Å²) in [4.78, 5) is 12.2. The van der Waals surface area contributed by atoms with Crippen molar-refractivity contribution in [2.75, 3.05) is 40.1 Å². The molecule has 0 aliphatic rings. The van der Waals surface area contributed by atoms with Crippen LogP contribution in [-0.4, -0.2) is 46.0 Å². The number of nitrogens with one attached hydrogen (secondary N) is 1. The van der Waals surface area contributed by atoms with Crippen molar-refractivity contribution in [3.63, 3.8) is 0 Å². The van der Waals surface area contributed by atoms with Gasteiger partial charge in [-0.1, -0.05) is 26.8 Å². The van der Waals surface area contributed by atoms with Crippen molar-refractivity contribution in [2.45, 2.75) is 33.1 Å². The summed E-state index contributed by atoms with van der Waals surface area (Å²) in [6, 6.07) is 5.56. The molecule has 0 aliphatic carbocycles. The van der Waals surface area contributed by atoms with Crippen LogP contribution in [0, 0.1) is 0 Å². The van der Waals surface area contributed by atoms with Gasteiger partial charge in [-0.05, 0) is 30.0 Å². The second-order valence-corrected chi connectivity index (χ2v) is 6.23. The van der Waals surface area contributed by atoms with Gasteiger partial charge >= 0.3 is 0 Å². The maximum atomic E-state index is 12.2. The third-order valence-corrected chi connectivity index (χ3v) is 3.38. The third kappa shape index (κ3) is 6.59. The number of methoxy groups -OCH3 is 1. The lowest BCUT2D eigenvalue weighted by molar-refractivity contribution is 0.0531. The average Bonchev–Trinajstić information content (AvgIpc) is 2.52. The first-order chi connectivity index (χ1) is 10.9. The van der Waals surface area contributed by atoms with Crippen LogP contribution in [0.4, 0.5) is 0 Å². The molecule has 0 saturated heterocycles. The molecule has 0 unspecified atom stereocenters. The van der Waals surface area contributed by atoms with Crippen LogP contribution in [0.15, 0.2) is 18.2 Å². The summed E-state index contributed by atoms with van der Waals surface area (Å²) < 4.78 is 16.0. The van der Waals surface area contributed by atoms with Gasteiger partial charge in [0.2, 0.25) is 0 Å². The van der Waals surface area contributed by atoms with Gasteiger partial charge in [0.25, 0.3) is 5.91 Å². The summed E-state index contributed by atoms with van der Waals surface area (Å²) in [7, 11) is 1.62. The Kier molecular flexibility index (Phi) is 8.06. The van der Waals surface area contributed by atoms with Gasteiger partial charge in [0, 0.05) is 18.7 Å². The Labute approximate surface area is 139 Å². The second kappa shape index (κ2) is 9.53. The van der Waals surface area contributed by atoms with Gasteiger partial charge in [-0.25, -0.2) is 0 Å². The molecular weight excluding hydrogens is 294 g/mol. The number of ether oxygens (including phenoxy) is 3. The minimum atomic E-state index is -0.128. The molecule has 130 valence electrons. The van der Waals surface area contributed by atoms with Crippen LogP contribution in [0.5, 0.6) is 5.75 Å². The molecule has 0 atom stereocenters. The molecule has 23 heavy (non-hydrogen) atoms. The number of amides is 1. The molecule has 0 aliphatic heterocycles.